The number of hydrogen-bond donors (Lipinski definition) is 2. The molecule has 1 aromatic heterocycles. The van der Waals surface area contributed by atoms with Gasteiger partial charge in [0.2, 0.25) is 0 Å². The molecule has 0 spiro atoms. The van der Waals surface area contributed by atoms with Crippen LogP contribution in [0.1, 0.15) is 28.9 Å². The second kappa shape index (κ2) is 11.7. The van der Waals surface area contributed by atoms with E-state index < -0.39 is 11.7 Å². The third-order valence-corrected chi connectivity index (χ3v) is 4.51. The number of methoxy groups -OCH3 is 1. The summed E-state index contributed by atoms with van der Waals surface area (Å²) in [5.74, 6) is 0.424. The van der Waals surface area contributed by atoms with Crippen LogP contribution in [0.15, 0.2) is 29.3 Å². The number of alkyl halides is 3. The summed E-state index contributed by atoms with van der Waals surface area (Å²) in [5.41, 5.74) is 1.32. The fourth-order valence-corrected chi connectivity index (χ4v) is 3.03. The number of nitrogens with one attached hydrogen (secondary N) is 2. The van der Waals surface area contributed by atoms with Crippen LogP contribution in [0.3, 0.4) is 0 Å². The standard InChI is InChI=1S/C21H30F3N5O2/c1-15-12-16(2)29(28-15)18-7-6-17(19(13-18)21(22,23)24)14-27-20(25-3)26-8-5-9-31-11-10-30-4/h6-7,12-13H,5,8-11,14H2,1-4H3,(H2,25,26,27). The molecule has 2 N–H and O–H groups in total. The van der Waals surface area contributed by atoms with Gasteiger partial charge in [-0.1, -0.05) is 6.07 Å². The average Bonchev–Trinajstić information content (AvgIpc) is 3.06. The Balaban J connectivity index is 2.01. The summed E-state index contributed by atoms with van der Waals surface area (Å²) in [6.45, 7) is 5.79. The van der Waals surface area contributed by atoms with Crippen LogP contribution in [0.5, 0.6) is 0 Å². The minimum atomic E-state index is -4.49. The van der Waals surface area contributed by atoms with Gasteiger partial charge in [-0.25, -0.2) is 4.68 Å². The Morgan fingerprint density at radius 1 is 1.13 bits per heavy atom. The van der Waals surface area contributed by atoms with Gasteiger partial charge < -0.3 is 20.1 Å². The number of halogens is 3. The van der Waals surface area contributed by atoms with Gasteiger partial charge in [0.25, 0.3) is 0 Å². The van der Waals surface area contributed by atoms with Gasteiger partial charge in [0, 0.05) is 39.5 Å². The number of guanidine groups is 1. The van der Waals surface area contributed by atoms with Gasteiger partial charge in [-0.3, -0.25) is 4.99 Å². The highest BCUT2D eigenvalue weighted by atomic mass is 19.4. The molecule has 0 atom stereocenters. The van der Waals surface area contributed by atoms with Crippen LogP contribution in [-0.4, -0.2) is 56.3 Å². The van der Waals surface area contributed by atoms with E-state index in [0.717, 1.165) is 23.9 Å². The van der Waals surface area contributed by atoms with Gasteiger partial charge in [0.05, 0.1) is 30.2 Å². The minimum Gasteiger partial charge on any atom is -0.382 e. The Bertz CT molecular complexity index is 865. The molecule has 10 heteroatoms. The highest BCUT2D eigenvalue weighted by molar-refractivity contribution is 5.79. The third-order valence-electron chi connectivity index (χ3n) is 4.51. The van der Waals surface area contributed by atoms with Gasteiger partial charge in [-0.15, -0.1) is 0 Å². The van der Waals surface area contributed by atoms with Crippen molar-refractivity contribution in [2.45, 2.75) is 33.0 Å². The molecule has 0 bridgehead atoms. The van der Waals surface area contributed by atoms with E-state index in [9.17, 15) is 13.2 Å². The van der Waals surface area contributed by atoms with Crippen LogP contribution < -0.4 is 10.6 Å². The maximum absolute atomic E-state index is 13.7. The van der Waals surface area contributed by atoms with Crippen molar-refractivity contribution in [2.24, 2.45) is 4.99 Å². The van der Waals surface area contributed by atoms with Crippen molar-refractivity contribution < 1.29 is 22.6 Å². The molecule has 2 aromatic rings. The summed E-state index contributed by atoms with van der Waals surface area (Å²) in [6, 6.07) is 6.06. The topological polar surface area (TPSA) is 72.7 Å². The van der Waals surface area contributed by atoms with E-state index >= 15 is 0 Å². The quantitative estimate of drug-likeness (QED) is 0.337. The zero-order valence-electron chi connectivity index (χ0n) is 18.3. The largest absolute Gasteiger partial charge is 0.416 e. The number of rotatable bonds is 10. The van der Waals surface area contributed by atoms with Gasteiger partial charge >= 0.3 is 6.18 Å². The van der Waals surface area contributed by atoms with Crippen LogP contribution in [0.2, 0.25) is 0 Å². The molecule has 172 valence electrons. The number of benzene rings is 1. The molecule has 31 heavy (non-hydrogen) atoms. The van der Waals surface area contributed by atoms with E-state index in [2.05, 4.69) is 20.7 Å². The van der Waals surface area contributed by atoms with Crippen molar-refractivity contribution in [3.63, 3.8) is 0 Å². The first-order chi connectivity index (χ1) is 14.8. The Labute approximate surface area is 180 Å². The Kier molecular flexibility index (Phi) is 9.32. The lowest BCUT2D eigenvalue weighted by molar-refractivity contribution is -0.138. The summed E-state index contributed by atoms with van der Waals surface area (Å²) < 4.78 is 52.9. The summed E-state index contributed by atoms with van der Waals surface area (Å²) in [5, 5.41) is 10.3. The predicted octanol–water partition coefficient (Wildman–Crippen LogP) is 3.23. The molecule has 0 radical (unpaired) electrons. The van der Waals surface area contributed by atoms with Crippen LogP contribution in [0.4, 0.5) is 13.2 Å². The smallest absolute Gasteiger partial charge is 0.382 e. The maximum atomic E-state index is 13.7. The second-order valence-electron chi connectivity index (χ2n) is 6.99. The van der Waals surface area contributed by atoms with E-state index in [0.29, 0.717) is 38.0 Å². The molecule has 1 aromatic carbocycles. The van der Waals surface area contributed by atoms with Gasteiger partial charge in [0.1, 0.15) is 0 Å². The third kappa shape index (κ3) is 7.55. The summed E-state index contributed by atoms with van der Waals surface area (Å²) in [6.07, 6.45) is -3.75. The van der Waals surface area contributed by atoms with E-state index in [4.69, 9.17) is 9.47 Å². The van der Waals surface area contributed by atoms with Crippen LogP contribution in [0.25, 0.3) is 5.69 Å². The first-order valence-corrected chi connectivity index (χ1v) is 10.0. The minimum absolute atomic E-state index is 0.0176. The Morgan fingerprint density at radius 3 is 2.52 bits per heavy atom. The number of nitrogens with zero attached hydrogens (tertiary/aromatic N) is 3. The van der Waals surface area contributed by atoms with Gasteiger partial charge in [-0.2, -0.15) is 18.3 Å². The molecular formula is C21H30F3N5O2. The molecule has 0 amide bonds. The van der Waals surface area contributed by atoms with Gasteiger partial charge in [0.15, 0.2) is 5.96 Å². The highest BCUT2D eigenvalue weighted by Crippen LogP contribution is 2.33. The average molecular weight is 441 g/mol. The van der Waals surface area contributed by atoms with Crippen LogP contribution in [-0.2, 0) is 22.2 Å². The van der Waals surface area contributed by atoms with Gasteiger partial charge in [-0.05, 0) is 44.0 Å². The molecule has 0 fully saturated rings. The van der Waals surface area contributed by atoms with Crippen molar-refractivity contribution >= 4 is 5.96 Å². The molecule has 0 aliphatic carbocycles. The van der Waals surface area contributed by atoms with Crippen molar-refractivity contribution in [1.82, 2.24) is 20.4 Å². The van der Waals surface area contributed by atoms with Crippen molar-refractivity contribution in [2.75, 3.05) is 40.5 Å². The van der Waals surface area contributed by atoms with E-state index in [-0.39, 0.29) is 12.1 Å². The zero-order chi connectivity index (χ0) is 22.9. The summed E-state index contributed by atoms with van der Waals surface area (Å²) in [4.78, 5) is 4.06. The number of ether oxygens (including phenoxy) is 2. The molecule has 0 aliphatic rings. The first-order valence-electron chi connectivity index (χ1n) is 10.0. The molecule has 2 rings (SSSR count). The van der Waals surface area contributed by atoms with Crippen LogP contribution in [0, 0.1) is 13.8 Å². The number of aliphatic imine (C=N–C) groups is 1. The monoisotopic (exact) mass is 441 g/mol. The molecule has 7 nitrogen and oxygen atoms in total. The normalized spacial score (nSPS) is 12.3. The molecule has 0 saturated carbocycles. The molecule has 0 aliphatic heterocycles. The summed E-state index contributed by atoms with van der Waals surface area (Å²) in [7, 11) is 3.18. The first kappa shape index (κ1) is 24.7. The predicted molar refractivity (Wildman–Crippen MR) is 114 cm³/mol. The van der Waals surface area contributed by atoms with Crippen molar-refractivity contribution in [1.29, 1.82) is 0 Å². The lowest BCUT2D eigenvalue weighted by atomic mass is 10.1. The molecule has 0 saturated heterocycles. The SMILES string of the molecule is CN=C(NCCCOCCOC)NCc1ccc(-n2nc(C)cc2C)cc1C(F)(F)F. The Hall–Kier alpha value is -2.59. The number of aromatic nitrogens is 2. The molecular weight excluding hydrogens is 411 g/mol. The van der Waals surface area contributed by atoms with E-state index in [1.54, 1.807) is 34.1 Å². The van der Waals surface area contributed by atoms with Crippen LogP contribution >= 0.6 is 0 Å². The zero-order valence-corrected chi connectivity index (χ0v) is 18.3. The summed E-state index contributed by atoms with van der Waals surface area (Å²) >= 11 is 0. The number of aryl methyl sites for hydroxylation is 2. The lowest BCUT2D eigenvalue weighted by Crippen LogP contribution is -2.38. The van der Waals surface area contributed by atoms with E-state index in [1.807, 2.05) is 6.07 Å². The lowest BCUT2D eigenvalue weighted by Gasteiger charge is -2.17. The number of hydrogen-bond acceptors (Lipinski definition) is 4. The van der Waals surface area contributed by atoms with Crippen molar-refractivity contribution in [3.05, 3.63) is 46.8 Å². The van der Waals surface area contributed by atoms with E-state index in [1.165, 1.54) is 10.7 Å². The highest BCUT2D eigenvalue weighted by Gasteiger charge is 2.33. The second-order valence-corrected chi connectivity index (χ2v) is 6.99. The van der Waals surface area contributed by atoms with Crippen molar-refractivity contribution in [3.8, 4) is 5.69 Å². The molecule has 1 heterocycles. The molecule has 0 unspecified atom stereocenters. The fraction of sp³-hybridized carbons (Fsp3) is 0.524. The fourth-order valence-electron chi connectivity index (χ4n) is 3.03. The Morgan fingerprint density at radius 2 is 1.90 bits per heavy atom. The maximum Gasteiger partial charge on any atom is 0.416 e.